The van der Waals surface area contributed by atoms with Crippen LogP contribution in [0.5, 0.6) is 0 Å². The Morgan fingerprint density at radius 1 is 1.32 bits per heavy atom. The Kier molecular flexibility index (Phi) is 4.62. The summed E-state index contributed by atoms with van der Waals surface area (Å²) in [5.74, 6) is -1.37. The molecule has 1 amide bonds. The van der Waals surface area contributed by atoms with Crippen LogP contribution >= 0.6 is 11.3 Å². The van der Waals surface area contributed by atoms with Crippen LogP contribution in [0.2, 0.25) is 0 Å². The fourth-order valence-corrected chi connectivity index (χ4v) is 3.92. The third kappa shape index (κ3) is 3.33. The summed E-state index contributed by atoms with van der Waals surface area (Å²) < 4.78 is 40.2. The molecule has 1 atom stereocenters. The van der Waals surface area contributed by atoms with Gasteiger partial charge in [-0.1, -0.05) is 18.2 Å². The summed E-state index contributed by atoms with van der Waals surface area (Å²) >= 11 is 1.11. The summed E-state index contributed by atoms with van der Waals surface area (Å²) in [4.78, 5) is 16.4. The van der Waals surface area contributed by atoms with E-state index in [9.17, 15) is 17.6 Å². The lowest BCUT2D eigenvalue weighted by atomic mass is 10.1. The molecule has 0 radical (unpaired) electrons. The molecule has 0 aliphatic heterocycles. The summed E-state index contributed by atoms with van der Waals surface area (Å²) in [7, 11) is -4.05. The number of rotatable bonds is 4. The Morgan fingerprint density at radius 2 is 1.95 bits per heavy atom. The van der Waals surface area contributed by atoms with Gasteiger partial charge in [-0.2, -0.15) is 0 Å². The average Bonchev–Trinajstić information content (AvgIpc) is 2.77. The zero-order valence-electron chi connectivity index (χ0n) is 12.3. The molecule has 0 aliphatic carbocycles. The van der Waals surface area contributed by atoms with Gasteiger partial charge in [-0.3, -0.25) is 4.79 Å². The molecular formula is C14H15FN2O3S2. The second kappa shape index (κ2) is 6.13. The number of carbonyl (C=O) groups excluding carboxylic acids is 1. The molecule has 1 aromatic heterocycles. The van der Waals surface area contributed by atoms with Crippen LogP contribution in [0.25, 0.3) is 0 Å². The lowest BCUT2D eigenvalue weighted by Gasteiger charge is -2.14. The molecule has 5 nitrogen and oxygen atoms in total. The minimum Gasteiger partial charge on any atom is -0.267 e. The Balaban J connectivity index is 2.26. The van der Waals surface area contributed by atoms with Gasteiger partial charge in [-0.05, 0) is 26.8 Å². The van der Waals surface area contributed by atoms with Gasteiger partial charge in [-0.25, -0.2) is 22.5 Å². The lowest BCUT2D eigenvalue weighted by molar-refractivity contribution is 0.0984. The van der Waals surface area contributed by atoms with Crippen molar-refractivity contribution in [2.45, 2.75) is 26.0 Å². The first kappa shape index (κ1) is 16.6. The van der Waals surface area contributed by atoms with Crippen molar-refractivity contribution in [2.75, 3.05) is 0 Å². The molecule has 22 heavy (non-hydrogen) atoms. The number of thiazole rings is 1. The van der Waals surface area contributed by atoms with Crippen LogP contribution in [0.1, 0.15) is 38.1 Å². The number of halogens is 1. The van der Waals surface area contributed by atoms with E-state index in [4.69, 9.17) is 0 Å². The number of hydrogen-bond donors (Lipinski definition) is 1. The number of aryl methyl sites for hydroxylation is 2. The van der Waals surface area contributed by atoms with E-state index in [-0.39, 0.29) is 10.4 Å². The van der Waals surface area contributed by atoms with Crippen LogP contribution in [-0.4, -0.2) is 19.3 Å². The molecule has 2 aromatic rings. The first-order valence-electron chi connectivity index (χ1n) is 6.47. The quantitative estimate of drug-likeness (QED) is 0.927. The molecule has 118 valence electrons. The van der Waals surface area contributed by atoms with E-state index in [0.717, 1.165) is 11.3 Å². The van der Waals surface area contributed by atoms with Gasteiger partial charge in [0.05, 0.1) is 10.7 Å². The highest BCUT2D eigenvalue weighted by molar-refractivity contribution is 7.90. The molecular weight excluding hydrogens is 327 g/mol. The van der Waals surface area contributed by atoms with Crippen molar-refractivity contribution < 1.29 is 17.6 Å². The van der Waals surface area contributed by atoms with Gasteiger partial charge >= 0.3 is 0 Å². The van der Waals surface area contributed by atoms with Crippen molar-refractivity contribution in [3.05, 3.63) is 51.2 Å². The first-order chi connectivity index (χ1) is 10.2. The van der Waals surface area contributed by atoms with Crippen molar-refractivity contribution in [1.29, 1.82) is 0 Å². The van der Waals surface area contributed by atoms with Gasteiger partial charge in [0.1, 0.15) is 15.9 Å². The number of hydrogen-bond acceptors (Lipinski definition) is 5. The molecule has 2 rings (SSSR count). The van der Waals surface area contributed by atoms with E-state index in [1.165, 1.54) is 25.1 Å². The van der Waals surface area contributed by atoms with Gasteiger partial charge < -0.3 is 0 Å². The van der Waals surface area contributed by atoms with E-state index in [1.54, 1.807) is 19.9 Å². The van der Waals surface area contributed by atoms with Gasteiger partial charge in [0.2, 0.25) is 10.0 Å². The van der Waals surface area contributed by atoms with Crippen LogP contribution in [0, 0.1) is 19.7 Å². The van der Waals surface area contributed by atoms with Crippen molar-refractivity contribution in [2.24, 2.45) is 0 Å². The third-order valence-electron chi connectivity index (χ3n) is 3.15. The highest BCUT2D eigenvalue weighted by atomic mass is 32.2. The van der Waals surface area contributed by atoms with E-state index < -0.39 is 27.0 Å². The van der Waals surface area contributed by atoms with Crippen molar-refractivity contribution in [3.8, 4) is 0 Å². The number of nitrogens with zero attached hydrogens (tertiary/aromatic N) is 1. The Labute approximate surface area is 132 Å². The molecule has 0 spiro atoms. The maximum atomic E-state index is 13.7. The summed E-state index contributed by atoms with van der Waals surface area (Å²) in [6.45, 7) is 4.69. The minimum absolute atomic E-state index is 0.0139. The number of nitrogens with one attached hydrogen (secondary N) is 1. The van der Waals surface area contributed by atoms with Crippen LogP contribution in [0.3, 0.4) is 0 Å². The first-order valence-corrected chi connectivity index (χ1v) is 8.83. The maximum Gasteiger partial charge on any atom is 0.276 e. The molecule has 1 unspecified atom stereocenters. The average molecular weight is 342 g/mol. The van der Waals surface area contributed by atoms with E-state index >= 15 is 0 Å². The van der Waals surface area contributed by atoms with Crippen LogP contribution < -0.4 is 4.72 Å². The summed E-state index contributed by atoms with van der Waals surface area (Å²) in [5, 5.41) is -0.519. The molecule has 8 heteroatoms. The summed E-state index contributed by atoms with van der Waals surface area (Å²) in [6, 6.07) is 5.58. The third-order valence-corrected chi connectivity index (χ3v) is 5.88. The van der Waals surface area contributed by atoms with Crippen LogP contribution in [-0.2, 0) is 10.0 Å². The highest BCUT2D eigenvalue weighted by Gasteiger charge is 2.28. The minimum atomic E-state index is -4.05. The highest BCUT2D eigenvalue weighted by Crippen LogP contribution is 2.24. The number of carbonyl (C=O) groups is 1. The molecule has 0 saturated carbocycles. The molecule has 1 N–H and O–H groups in total. The van der Waals surface area contributed by atoms with Gasteiger partial charge in [0.15, 0.2) is 0 Å². The van der Waals surface area contributed by atoms with Crippen molar-refractivity contribution in [1.82, 2.24) is 9.71 Å². The standard InChI is InChI=1S/C14H15FN2O3S2/c1-8-13(21-10(3)16-8)14(18)17-22(19,20)9(2)11-6-4-5-7-12(11)15/h4-7,9H,1-3H3,(H,17,18). The van der Waals surface area contributed by atoms with Gasteiger partial charge in [-0.15, -0.1) is 11.3 Å². The van der Waals surface area contributed by atoms with Crippen molar-refractivity contribution >= 4 is 27.3 Å². The van der Waals surface area contributed by atoms with Gasteiger partial charge in [0.25, 0.3) is 5.91 Å². The lowest BCUT2D eigenvalue weighted by Crippen LogP contribution is -2.33. The number of amides is 1. The monoisotopic (exact) mass is 342 g/mol. The predicted octanol–water partition coefficient (Wildman–Crippen LogP) is 2.72. The predicted molar refractivity (Wildman–Crippen MR) is 82.8 cm³/mol. The Hall–Kier alpha value is -1.80. The largest absolute Gasteiger partial charge is 0.276 e. The van der Waals surface area contributed by atoms with Crippen molar-refractivity contribution in [3.63, 3.8) is 0 Å². The summed E-state index contributed by atoms with van der Waals surface area (Å²) in [5.41, 5.74) is 0.480. The normalized spacial score (nSPS) is 12.9. The second-order valence-corrected chi connectivity index (χ2v) is 7.99. The van der Waals surface area contributed by atoms with Crippen LogP contribution in [0.15, 0.2) is 24.3 Å². The molecule has 1 heterocycles. The SMILES string of the molecule is Cc1nc(C)c(C(=O)NS(=O)(=O)C(C)c2ccccc2F)s1. The van der Waals surface area contributed by atoms with E-state index in [1.807, 2.05) is 4.72 Å². The topological polar surface area (TPSA) is 76.1 Å². The fraction of sp³-hybridized carbons (Fsp3) is 0.286. The zero-order chi connectivity index (χ0) is 16.5. The Bertz CT molecular complexity index is 815. The molecule has 0 saturated heterocycles. The second-order valence-electron chi connectivity index (χ2n) is 4.79. The molecule has 1 aromatic carbocycles. The number of benzene rings is 1. The summed E-state index contributed by atoms with van der Waals surface area (Å²) in [6.07, 6.45) is 0. The Morgan fingerprint density at radius 3 is 2.50 bits per heavy atom. The maximum absolute atomic E-state index is 13.7. The van der Waals surface area contributed by atoms with Crippen LogP contribution in [0.4, 0.5) is 4.39 Å². The smallest absolute Gasteiger partial charge is 0.267 e. The number of sulfonamides is 1. The molecule has 0 bridgehead atoms. The number of aromatic nitrogens is 1. The van der Waals surface area contributed by atoms with E-state index in [2.05, 4.69) is 4.98 Å². The van der Waals surface area contributed by atoms with Gasteiger partial charge in [0, 0.05) is 5.56 Å². The zero-order valence-corrected chi connectivity index (χ0v) is 13.9. The fourth-order valence-electron chi connectivity index (χ4n) is 1.98. The molecule has 0 aliphatic rings. The van der Waals surface area contributed by atoms with E-state index in [0.29, 0.717) is 10.7 Å². The molecule has 0 fully saturated rings.